The molecule has 0 fully saturated rings. The number of hydrogen-bond acceptors (Lipinski definition) is 3. The molecule has 1 rings (SSSR count). The Bertz CT molecular complexity index is 503. The van der Waals surface area contributed by atoms with Crippen LogP contribution in [-0.2, 0) is 4.79 Å². The van der Waals surface area contributed by atoms with Gasteiger partial charge in [-0.1, -0.05) is 11.2 Å². The number of nitrogens with one attached hydrogen (secondary N) is 1. The molecule has 1 aromatic rings. The van der Waals surface area contributed by atoms with Crippen LogP contribution in [-0.4, -0.2) is 24.2 Å². The summed E-state index contributed by atoms with van der Waals surface area (Å²) in [4.78, 5) is 13.9. The Morgan fingerprint density at radius 1 is 1.47 bits per heavy atom. The van der Waals surface area contributed by atoms with Gasteiger partial charge in [-0.05, 0) is 68.1 Å². The van der Waals surface area contributed by atoms with E-state index in [2.05, 4.69) is 47.2 Å². The normalized spacial score (nSPS) is 11.7. The smallest absolute Gasteiger partial charge is 0.325 e. The van der Waals surface area contributed by atoms with Crippen molar-refractivity contribution in [3.63, 3.8) is 0 Å². The van der Waals surface area contributed by atoms with Crippen LogP contribution in [0.5, 0.6) is 0 Å². The summed E-state index contributed by atoms with van der Waals surface area (Å²) in [6, 6.07) is 4.50. The van der Waals surface area contributed by atoms with E-state index in [9.17, 15) is 9.90 Å². The first kappa shape index (κ1) is 16.0. The Balaban J connectivity index is 2.69. The lowest BCUT2D eigenvalue weighted by molar-refractivity contribution is -0.139. The quantitative estimate of drug-likeness (QED) is 0.321. The fourth-order valence-corrected chi connectivity index (χ4v) is 2.12. The third-order valence-electron chi connectivity index (χ3n) is 2.37. The van der Waals surface area contributed by atoms with Crippen molar-refractivity contribution in [2.75, 3.05) is 13.1 Å². The van der Waals surface area contributed by atoms with Crippen molar-refractivity contribution >= 4 is 37.8 Å². The first-order valence-corrected chi connectivity index (χ1v) is 7.07. The van der Waals surface area contributed by atoms with Crippen LogP contribution in [0.2, 0.25) is 0 Å². The summed E-state index contributed by atoms with van der Waals surface area (Å²) >= 11 is 6.68. The highest BCUT2D eigenvalue weighted by atomic mass is 79.9. The highest BCUT2D eigenvalue weighted by molar-refractivity contribution is 9.13. The van der Waals surface area contributed by atoms with Gasteiger partial charge in [-0.25, -0.2) is 0 Å². The summed E-state index contributed by atoms with van der Waals surface area (Å²) in [5.41, 5.74) is 8.79. The van der Waals surface area contributed by atoms with Crippen molar-refractivity contribution in [1.29, 1.82) is 0 Å². The molecule has 0 bridgehead atoms. The molecule has 0 aromatic heterocycles. The Labute approximate surface area is 127 Å². The van der Waals surface area contributed by atoms with Gasteiger partial charge in [0.25, 0.3) is 0 Å². The van der Waals surface area contributed by atoms with Crippen molar-refractivity contribution in [1.82, 2.24) is 5.32 Å². The lowest BCUT2D eigenvalue weighted by Crippen LogP contribution is -2.29. The lowest BCUT2D eigenvalue weighted by Gasteiger charge is -2.15. The van der Waals surface area contributed by atoms with Crippen LogP contribution in [0.25, 0.3) is 10.4 Å². The average molecular weight is 392 g/mol. The van der Waals surface area contributed by atoms with Crippen LogP contribution < -0.4 is 5.32 Å². The van der Waals surface area contributed by atoms with E-state index in [-0.39, 0.29) is 0 Å². The van der Waals surface area contributed by atoms with Gasteiger partial charge in [0.15, 0.2) is 0 Å². The molecule has 1 aromatic carbocycles. The molecular weight excluding hydrogens is 380 g/mol. The minimum atomic E-state index is -0.946. The van der Waals surface area contributed by atoms with E-state index < -0.39 is 12.0 Å². The number of halogens is 2. The zero-order valence-corrected chi connectivity index (χ0v) is 13.1. The van der Waals surface area contributed by atoms with Gasteiger partial charge in [-0.15, -0.1) is 0 Å². The molecule has 0 aliphatic heterocycles. The van der Waals surface area contributed by atoms with E-state index in [0.29, 0.717) is 25.1 Å². The Kier molecular flexibility index (Phi) is 6.86. The first-order valence-electron chi connectivity index (χ1n) is 5.48. The number of rotatable bonds is 7. The van der Waals surface area contributed by atoms with Gasteiger partial charge in [0.1, 0.15) is 6.04 Å². The SMILES string of the molecule is [N-]=[N+]=NCCCNC(C(=O)O)c1ccc(Br)c(Br)c1. The largest absolute Gasteiger partial charge is 0.480 e. The molecule has 19 heavy (non-hydrogen) atoms. The zero-order valence-electron chi connectivity index (χ0n) is 9.88. The van der Waals surface area contributed by atoms with Gasteiger partial charge in [-0.2, -0.15) is 0 Å². The zero-order chi connectivity index (χ0) is 14.3. The number of azide groups is 1. The van der Waals surface area contributed by atoms with Crippen molar-refractivity contribution < 1.29 is 9.90 Å². The fraction of sp³-hybridized carbons (Fsp3) is 0.364. The predicted molar refractivity (Wildman–Crippen MR) is 78.9 cm³/mol. The molecule has 0 aliphatic carbocycles. The molecule has 2 N–H and O–H groups in total. The van der Waals surface area contributed by atoms with Crippen LogP contribution in [0, 0.1) is 0 Å². The standard InChI is InChI=1S/C11H12Br2N4O2/c12-8-3-2-7(6-9(8)13)10(11(18)19)15-4-1-5-16-17-14/h2-3,6,10,15H,1,4-5H2,(H,18,19). The molecule has 0 amide bonds. The molecule has 0 spiro atoms. The van der Waals surface area contributed by atoms with Crippen LogP contribution in [0.4, 0.5) is 0 Å². The number of carboxylic acids is 1. The van der Waals surface area contributed by atoms with Crippen LogP contribution in [0.3, 0.4) is 0 Å². The van der Waals surface area contributed by atoms with Crippen LogP contribution >= 0.6 is 31.9 Å². The maximum Gasteiger partial charge on any atom is 0.325 e. The highest BCUT2D eigenvalue weighted by Gasteiger charge is 2.19. The molecule has 8 heteroatoms. The highest BCUT2D eigenvalue weighted by Crippen LogP contribution is 2.26. The second-order valence-corrected chi connectivity index (χ2v) is 5.42. The van der Waals surface area contributed by atoms with Gasteiger partial charge >= 0.3 is 5.97 Å². The maximum atomic E-state index is 11.2. The molecule has 1 unspecified atom stereocenters. The number of nitrogens with zero attached hydrogens (tertiary/aromatic N) is 3. The van der Waals surface area contributed by atoms with Crippen LogP contribution in [0.15, 0.2) is 32.3 Å². The van der Waals surface area contributed by atoms with Gasteiger partial charge in [-0.3, -0.25) is 4.79 Å². The van der Waals surface area contributed by atoms with Gasteiger partial charge < -0.3 is 10.4 Å². The van der Waals surface area contributed by atoms with E-state index in [0.717, 1.165) is 8.95 Å². The summed E-state index contributed by atoms with van der Waals surface area (Å²) in [6.45, 7) is 0.809. The molecule has 0 heterocycles. The maximum absolute atomic E-state index is 11.2. The number of benzene rings is 1. The number of hydrogen-bond donors (Lipinski definition) is 2. The number of carbonyl (C=O) groups is 1. The molecule has 0 saturated heterocycles. The predicted octanol–water partition coefficient (Wildman–Crippen LogP) is 3.63. The van der Waals surface area contributed by atoms with Gasteiger partial charge in [0, 0.05) is 20.4 Å². The second kappa shape index (κ2) is 8.16. The first-order chi connectivity index (χ1) is 9.06. The monoisotopic (exact) mass is 390 g/mol. The summed E-state index contributed by atoms with van der Waals surface area (Å²) in [6.07, 6.45) is 0.589. The van der Waals surface area contributed by atoms with Gasteiger partial charge in [0.05, 0.1) is 0 Å². The molecule has 102 valence electrons. The third kappa shape index (κ3) is 5.20. The minimum Gasteiger partial charge on any atom is -0.480 e. The number of aliphatic carboxylic acids is 1. The van der Waals surface area contributed by atoms with Crippen LogP contribution in [0.1, 0.15) is 18.0 Å². The van der Waals surface area contributed by atoms with Crippen molar-refractivity contribution in [2.24, 2.45) is 5.11 Å². The average Bonchev–Trinajstić information content (AvgIpc) is 2.37. The van der Waals surface area contributed by atoms with E-state index in [1.807, 2.05) is 0 Å². The molecule has 6 nitrogen and oxygen atoms in total. The lowest BCUT2D eigenvalue weighted by atomic mass is 10.1. The van der Waals surface area contributed by atoms with Gasteiger partial charge in [0.2, 0.25) is 0 Å². The van der Waals surface area contributed by atoms with E-state index in [4.69, 9.17) is 5.53 Å². The summed E-state index contributed by atoms with van der Waals surface area (Å²) in [5.74, 6) is -0.946. The molecule has 0 saturated carbocycles. The molecule has 1 atom stereocenters. The van der Waals surface area contributed by atoms with Crippen molar-refractivity contribution in [3.8, 4) is 0 Å². The van der Waals surface area contributed by atoms with Crippen molar-refractivity contribution in [3.05, 3.63) is 43.2 Å². The minimum absolute atomic E-state index is 0.347. The summed E-state index contributed by atoms with van der Waals surface area (Å²) in [5, 5.41) is 15.5. The molecule has 0 radical (unpaired) electrons. The topological polar surface area (TPSA) is 98.1 Å². The third-order valence-corrected chi connectivity index (χ3v) is 4.25. The van der Waals surface area contributed by atoms with Crippen molar-refractivity contribution in [2.45, 2.75) is 12.5 Å². The Morgan fingerprint density at radius 2 is 2.21 bits per heavy atom. The van der Waals surface area contributed by atoms with E-state index in [1.165, 1.54) is 0 Å². The van der Waals surface area contributed by atoms with E-state index in [1.54, 1.807) is 18.2 Å². The molecule has 0 aliphatic rings. The number of carboxylic acid groups (broad SMARTS) is 1. The Hall–Kier alpha value is -1.08. The fourth-order valence-electron chi connectivity index (χ4n) is 1.48. The Morgan fingerprint density at radius 3 is 2.79 bits per heavy atom. The molecular formula is C11H12Br2N4O2. The van der Waals surface area contributed by atoms with E-state index >= 15 is 0 Å². The summed E-state index contributed by atoms with van der Waals surface area (Å²) in [7, 11) is 0. The second-order valence-electron chi connectivity index (χ2n) is 3.71. The summed E-state index contributed by atoms with van der Waals surface area (Å²) < 4.78 is 1.66.